The number of hydrogen-bond acceptors (Lipinski definition) is 2. The van der Waals surface area contributed by atoms with Crippen LogP contribution in [-0.2, 0) is 9.47 Å². The van der Waals surface area contributed by atoms with Gasteiger partial charge in [0.25, 0.3) is 0 Å². The van der Waals surface area contributed by atoms with Gasteiger partial charge in [-0.25, -0.2) is 0 Å². The summed E-state index contributed by atoms with van der Waals surface area (Å²) in [5, 5.41) is 0. The topological polar surface area (TPSA) is 18.5 Å². The molecule has 0 radical (unpaired) electrons. The molecule has 0 heterocycles. The van der Waals surface area contributed by atoms with E-state index in [1.165, 1.54) is 0 Å². The highest BCUT2D eigenvalue weighted by Crippen LogP contribution is 2.34. The van der Waals surface area contributed by atoms with Crippen LogP contribution in [0.25, 0.3) is 0 Å². The van der Waals surface area contributed by atoms with Crippen LogP contribution in [0, 0.1) is 5.92 Å². The number of ether oxygens (including phenoxy) is 2. The molecular formula is C13H25BrO2. The Morgan fingerprint density at radius 2 is 2.00 bits per heavy atom. The lowest BCUT2D eigenvalue weighted by atomic mass is 9.91. The van der Waals surface area contributed by atoms with E-state index in [1.807, 2.05) is 0 Å². The summed E-state index contributed by atoms with van der Waals surface area (Å²) in [5.74, 6) is 0.699. The summed E-state index contributed by atoms with van der Waals surface area (Å²) in [6.45, 7) is 9.61. The van der Waals surface area contributed by atoms with Crippen LogP contribution in [0.4, 0.5) is 0 Å². The van der Waals surface area contributed by atoms with Gasteiger partial charge in [0.1, 0.15) is 0 Å². The highest BCUT2D eigenvalue weighted by Gasteiger charge is 2.41. The van der Waals surface area contributed by atoms with E-state index in [1.54, 1.807) is 0 Å². The maximum Gasteiger partial charge on any atom is 0.0962 e. The van der Waals surface area contributed by atoms with E-state index in [2.05, 4.69) is 43.6 Å². The van der Waals surface area contributed by atoms with Crippen molar-refractivity contribution in [1.82, 2.24) is 0 Å². The molecule has 0 aromatic heterocycles. The molecule has 0 amide bonds. The predicted molar refractivity (Wildman–Crippen MR) is 71.2 cm³/mol. The van der Waals surface area contributed by atoms with Gasteiger partial charge in [-0.05, 0) is 32.1 Å². The fourth-order valence-corrected chi connectivity index (χ4v) is 3.01. The first-order chi connectivity index (χ1) is 7.54. The summed E-state index contributed by atoms with van der Waals surface area (Å²) in [6.07, 6.45) is 4.18. The average molecular weight is 293 g/mol. The Balaban J connectivity index is 2.26. The first-order valence-electron chi connectivity index (χ1n) is 6.45. The molecule has 1 aliphatic rings. The minimum absolute atomic E-state index is 0.259. The largest absolute Gasteiger partial charge is 0.374 e. The molecule has 0 spiro atoms. The molecule has 16 heavy (non-hydrogen) atoms. The van der Waals surface area contributed by atoms with Gasteiger partial charge in [-0.1, -0.05) is 36.7 Å². The Kier molecular flexibility index (Phi) is 6.30. The minimum atomic E-state index is 0.259. The van der Waals surface area contributed by atoms with Gasteiger partial charge in [0.15, 0.2) is 0 Å². The third-order valence-corrected chi connectivity index (χ3v) is 3.80. The van der Waals surface area contributed by atoms with Gasteiger partial charge in [0.05, 0.1) is 18.3 Å². The molecule has 1 rings (SSSR count). The standard InChI is InChI=1S/C13H25BrO2/c1-5-6-15-13-11(14)8-12(13)16-10(4)7-9(2)3/h9-13H,5-8H2,1-4H3. The Labute approximate surface area is 108 Å². The number of hydrogen-bond donors (Lipinski definition) is 0. The van der Waals surface area contributed by atoms with Crippen LogP contribution in [0.3, 0.4) is 0 Å². The van der Waals surface area contributed by atoms with Gasteiger partial charge in [0.2, 0.25) is 0 Å². The molecule has 1 saturated carbocycles. The monoisotopic (exact) mass is 292 g/mol. The maximum absolute atomic E-state index is 6.02. The maximum atomic E-state index is 6.02. The van der Waals surface area contributed by atoms with Crippen molar-refractivity contribution >= 4 is 15.9 Å². The van der Waals surface area contributed by atoms with E-state index in [0.717, 1.165) is 25.9 Å². The van der Waals surface area contributed by atoms with Gasteiger partial charge in [-0.2, -0.15) is 0 Å². The van der Waals surface area contributed by atoms with E-state index in [9.17, 15) is 0 Å². The van der Waals surface area contributed by atoms with Crippen LogP contribution in [0.15, 0.2) is 0 Å². The van der Waals surface area contributed by atoms with E-state index < -0.39 is 0 Å². The molecule has 96 valence electrons. The quantitative estimate of drug-likeness (QED) is 0.665. The normalized spacial score (nSPS) is 31.5. The first-order valence-corrected chi connectivity index (χ1v) is 7.37. The SMILES string of the molecule is CCCOC1C(Br)CC1OC(C)CC(C)C. The molecule has 0 aromatic rings. The van der Waals surface area contributed by atoms with Gasteiger partial charge < -0.3 is 9.47 Å². The van der Waals surface area contributed by atoms with Crippen molar-refractivity contribution in [3.63, 3.8) is 0 Å². The summed E-state index contributed by atoms with van der Waals surface area (Å²) >= 11 is 3.63. The van der Waals surface area contributed by atoms with Crippen LogP contribution >= 0.6 is 15.9 Å². The summed E-state index contributed by atoms with van der Waals surface area (Å²) in [6, 6.07) is 0. The lowest BCUT2D eigenvalue weighted by molar-refractivity contribution is -0.144. The molecule has 0 bridgehead atoms. The summed E-state index contributed by atoms with van der Waals surface area (Å²) in [7, 11) is 0. The van der Waals surface area contributed by atoms with Crippen molar-refractivity contribution < 1.29 is 9.47 Å². The van der Waals surface area contributed by atoms with Crippen LogP contribution in [0.2, 0.25) is 0 Å². The molecule has 1 fully saturated rings. The Bertz CT molecular complexity index is 196. The van der Waals surface area contributed by atoms with Crippen molar-refractivity contribution in [3.8, 4) is 0 Å². The lowest BCUT2D eigenvalue weighted by Gasteiger charge is -2.42. The summed E-state index contributed by atoms with van der Waals surface area (Å²) in [4.78, 5) is 0.482. The Morgan fingerprint density at radius 3 is 2.50 bits per heavy atom. The zero-order chi connectivity index (χ0) is 12.1. The highest BCUT2D eigenvalue weighted by molar-refractivity contribution is 9.09. The van der Waals surface area contributed by atoms with Crippen molar-refractivity contribution in [3.05, 3.63) is 0 Å². The van der Waals surface area contributed by atoms with Gasteiger partial charge in [0, 0.05) is 11.4 Å². The molecule has 1 aliphatic carbocycles. The van der Waals surface area contributed by atoms with Crippen molar-refractivity contribution in [2.45, 2.75) is 70.1 Å². The summed E-state index contributed by atoms with van der Waals surface area (Å²) < 4.78 is 11.8. The second-order valence-electron chi connectivity index (χ2n) is 5.20. The van der Waals surface area contributed by atoms with Gasteiger partial charge in [-0.3, -0.25) is 0 Å². The second-order valence-corrected chi connectivity index (χ2v) is 6.38. The van der Waals surface area contributed by atoms with E-state index in [0.29, 0.717) is 23.0 Å². The third-order valence-electron chi connectivity index (χ3n) is 2.91. The van der Waals surface area contributed by atoms with E-state index in [-0.39, 0.29) is 6.10 Å². The van der Waals surface area contributed by atoms with E-state index in [4.69, 9.17) is 9.47 Å². The predicted octanol–water partition coefficient (Wildman–Crippen LogP) is 3.77. The minimum Gasteiger partial charge on any atom is -0.374 e. The van der Waals surface area contributed by atoms with Gasteiger partial charge in [-0.15, -0.1) is 0 Å². The molecule has 0 N–H and O–H groups in total. The first kappa shape index (κ1) is 14.5. The Morgan fingerprint density at radius 1 is 1.31 bits per heavy atom. The van der Waals surface area contributed by atoms with Crippen molar-refractivity contribution in [1.29, 1.82) is 0 Å². The second kappa shape index (κ2) is 6.97. The number of alkyl halides is 1. The van der Waals surface area contributed by atoms with Crippen LogP contribution in [0.1, 0.15) is 47.0 Å². The highest BCUT2D eigenvalue weighted by atomic mass is 79.9. The van der Waals surface area contributed by atoms with Crippen molar-refractivity contribution in [2.24, 2.45) is 5.92 Å². The fraction of sp³-hybridized carbons (Fsp3) is 1.00. The summed E-state index contributed by atoms with van der Waals surface area (Å²) in [5.41, 5.74) is 0. The number of halogens is 1. The molecule has 0 aliphatic heterocycles. The third kappa shape index (κ3) is 4.34. The lowest BCUT2D eigenvalue weighted by Crippen LogP contribution is -2.52. The molecule has 0 saturated heterocycles. The molecule has 0 aromatic carbocycles. The Hall–Kier alpha value is 0.400. The van der Waals surface area contributed by atoms with Crippen LogP contribution < -0.4 is 0 Å². The smallest absolute Gasteiger partial charge is 0.0962 e. The molecule has 4 atom stereocenters. The molecular weight excluding hydrogens is 268 g/mol. The van der Waals surface area contributed by atoms with E-state index >= 15 is 0 Å². The zero-order valence-corrected chi connectivity index (χ0v) is 12.5. The van der Waals surface area contributed by atoms with Crippen LogP contribution in [0.5, 0.6) is 0 Å². The van der Waals surface area contributed by atoms with Gasteiger partial charge >= 0.3 is 0 Å². The fourth-order valence-electron chi connectivity index (χ4n) is 2.14. The van der Waals surface area contributed by atoms with Crippen LogP contribution in [-0.4, -0.2) is 29.7 Å². The molecule has 4 unspecified atom stereocenters. The average Bonchev–Trinajstić information content (AvgIpc) is 2.16. The zero-order valence-electron chi connectivity index (χ0n) is 10.9. The van der Waals surface area contributed by atoms with Crippen molar-refractivity contribution in [2.75, 3.05) is 6.61 Å². The molecule has 3 heteroatoms. The molecule has 2 nitrogen and oxygen atoms in total. The number of rotatable bonds is 7.